The second-order valence-electron chi connectivity index (χ2n) is 4.56. The molecule has 0 heterocycles. The first-order valence-corrected chi connectivity index (χ1v) is 7.14. The number of rotatable bonds is 8. The number of carbonyl (C=O) groups is 4. The van der Waals surface area contributed by atoms with Gasteiger partial charge in [-0.05, 0) is 25.6 Å². The van der Waals surface area contributed by atoms with Crippen LogP contribution in [0.25, 0.3) is 0 Å². The summed E-state index contributed by atoms with van der Waals surface area (Å²) in [6, 6.07) is 0. The van der Waals surface area contributed by atoms with E-state index in [-0.39, 0.29) is 30.3 Å². The second kappa shape index (κ2) is 9.52. The fraction of sp³-hybridized carbons (Fsp3) is 0.692. The van der Waals surface area contributed by atoms with E-state index < -0.39 is 23.3 Å². The molecule has 6 nitrogen and oxygen atoms in total. The zero-order chi connectivity index (χ0) is 15.7. The van der Waals surface area contributed by atoms with Crippen molar-refractivity contribution in [2.45, 2.75) is 45.8 Å². The van der Waals surface area contributed by atoms with Crippen LogP contribution in [0.3, 0.4) is 0 Å². The summed E-state index contributed by atoms with van der Waals surface area (Å²) in [5.74, 6) is -1.03. The highest BCUT2D eigenvalue weighted by Gasteiger charge is 2.19. The monoisotopic (exact) mass is 304 g/mol. The molecular formula is C13H20O6S. The van der Waals surface area contributed by atoms with Crippen LogP contribution in [0.4, 0.5) is 4.79 Å². The van der Waals surface area contributed by atoms with Crippen molar-refractivity contribution >= 4 is 34.6 Å². The molecule has 0 aromatic rings. The van der Waals surface area contributed by atoms with E-state index in [1.165, 1.54) is 6.92 Å². The van der Waals surface area contributed by atoms with Crippen LogP contribution in [0, 0.1) is 5.92 Å². The largest absolute Gasteiger partial charge is 0.428 e. The van der Waals surface area contributed by atoms with E-state index in [0.29, 0.717) is 11.8 Å². The zero-order valence-electron chi connectivity index (χ0n) is 12.1. The minimum Gasteiger partial charge on any atom is -0.428 e. The van der Waals surface area contributed by atoms with Crippen LogP contribution in [0.2, 0.25) is 0 Å². The molecule has 20 heavy (non-hydrogen) atoms. The minimum absolute atomic E-state index is 0.0706. The number of carbonyl (C=O) groups excluding carboxylic acids is 4. The first kappa shape index (κ1) is 18.6. The molecule has 114 valence electrons. The number of Topliss-reactive ketones (excluding diaryl/α,β-unsaturated/α-hetero) is 2. The molecule has 0 aliphatic carbocycles. The SMILES string of the molecule is CC(=O)CCC(=O)C(C)SC(=O)OCOC(=O)C(C)C. The molecule has 0 aliphatic rings. The van der Waals surface area contributed by atoms with Gasteiger partial charge in [-0.1, -0.05) is 13.8 Å². The van der Waals surface area contributed by atoms with E-state index in [0.717, 1.165) is 0 Å². The van der Waals surface area contributed by atoms with Gasteiger partial charge < -0.3 is 14.3 Å². The van der Waals surface area contributed by atoms with Crippen molar-refractivity contribution in [1.29, 1.82) is 0 Å². The molecule has 0 amide bonds. The van der Waals surface area contributed by atoms with Crippen LogP contribution >= 0.6 is 11.8 Å². The highest BCUT2D eigenvalue weighted by Crippen LogP contribution is 2.16. The minimum atomic E-state index is -0.690. The van der Waals surface area contributed by atoms with Crippen molar-refractivity contribution in [2.75, 3.05) is 6.79 Å². The Morgan fingerprint density at radius 1 is 1.00 bits per heavy atom. The van der Waals surface area contributed by atoms with Crippen LogP contribution in [0.1, 0.15) is 40.5 Å². The average molecular weight is 304 g/mol. The van der Waals surface area contributed by atoms with Gasteiger partial charge in [0.15, 0.2) is 0 Å². The molecule has 0 saturated heterocycles. The third-order valence-corrected chi connectivity index (χ3v) is 3.23. The third kappa shape index (κ3) is 8.68. The van der Waals surface area contributed by atoms with Gasteiger partial charge in [0.05, 0.1) is 11.2 Å². The fourth-order valence-electron chi connectivity index (χ4n) is 1.05. The van der Waals surface area contributed by atoms with E-state index >= 15 is 0 Å². The Hall–Kier alpha value is -1.37. The number of hydrogen-bond donors (Lipinski definition) is 0. The summed E-state index contributed by atoms with van der Waals surface area (Å²) in [6.45, 7) is 5.83. The highest BCUT2D eigenvalue weighted by molar-refractivity contribution is 8.14. The number of esters is 1. The summed E-state index contributed by atoms with van der Waals surface area (Å²) in [7, 11) is 0. The van der Waals surface area contributed by atoms with Gasteiger partial charge in [0.25, 0.3) is 0 Å². The molecule has 0 bridgehead atoms. The molecule has 0 aliphatic heterocycles. The summed E-state index contributed by atoms with van der Waals surface area (Å²) in [5.41, 5.74) is 0. The van der Waals surface area contributed by atoms with Crippen LogP contribution in [0.5, 0.6) is 0 Å². The van der Waals surface area contributed by atoms with Gasteiger partial charge in [0, 0.05) is 12.8 Å². The van der Waals surface area contributed by atoms with E-state index in [1.54, 1.807) is 20.8 Å². The molecule has 0 radical (unpaired) electrons. The van der Waals surface area contributed by atoms with Crippen molar-refractivity contribution in [3.8, 4) is 0 Å². The average Bonchev–Trinajstić information content (AvgIpc) is 2.35. The van der Waals surface area contributed by atoms with E-state index in [4.69, 9.17) is 0 Å². The molecule has 1 unspecified atom stereocenters. The number of ether oxygens (including phenoxy) is 2. The molecule has 0 rings (SSSR count). The van der Waals surface area contributed by atoms with Crippen LogP contribution in [-0.2, 0) is 23.9 Å². The normalized spacial score (nSPS) is 11.8. The Morgan fingerprint density at radius 3 is 2.10 bits per heavy atom. The lowest BCUT2D eigenvalue weighted by Crippen LogP contribution is -2.19. The van der Waals surface area contributed by atoms with E-state index in [1.807, 2.05) is 0 Å². The molecule has 0 spiro atoms. The molecule has 0 fully saturated rings. The van der Waals surface area contributed by atoms with Gasteiger partial charge in [-0.25, -0.2) is 4.79 Å². The fourth-order valence-corrected chi connectivity index (χ4v) is 1.70. The maximum atomic E-state index is 11.6. The second-order valence-corrected chi connectivity index (χ2v) is 5.83. The van der Waals surface area contributed by atoms with Crippen molar-refractivity contribution in [3.05, 3.63) is 0 Å². The summed E-state index contributed by atoms with van der Waals surface area (Å²) in [6.07, 6.45) is 0.282. The van der Waals surface area contributed by atoms with Crippen LogP contribution in [0.15, 0.2) is 0 Å². The van der Waals surface area contributed by atoms with E-state index in [2.05, 4.69) is 9.47 Å². The van der Waals surface area contributed by atoms with Gasteiger partial charge in [-0.3, -0.25) is 9.59 Å². The Bertz CT molecular complexity index is 377. The van der Waals surface area contributed by atoms with E-state index in [9.17, 15) is 19.2 Å². The molecule has 0 aromatic carbocycles. The van der Waals surface area contributed by atoms with Crippen LogP contribution in [-0.4, -0.2) is 34.9 Å². The summed E-state index contributed by atoms with van der Waals surface area (Å²) < 4.78 is 9.34. The highest BCUT2D eigenvalue weighted by atomic mass is 32.2. The molecular weight excluding hydrogens is 284 g/mol. The van der Waals surface area contributed by atoms with Gasteiger partial charge in [-0.15, -0.1) is 0 Å². The maximum absolute atomic E-state index is 11.6. The predicted octanol–water partition coefficient (Wildman–Crippen LogP) is 2.34. The van der Waals surface area contributed by atoms with Gasteiger partial charge in [0.1, 0.15) is 11.6 Å². The third-order valence-electron chi connectivity index (χ3n) is 2.30. The molecule has 0 aromatic heterocycles. The summed E-state index contributed by atoms with van der Waals surface area (Å²) in [4.78, 5) is 44.8. The van der Waals surface area contributed by atoms with Gasteiger partial charge in [0.2, 0.25) is 6.79 Å². The Morgan fingerprint density at radius 2 is 1.60 bits per heavy atom. The van der Waals surface area contributed by atoms with Gasteiger partial charge >= 0.3 is 11.3 Å². The zero-order valence-corrected chi connectivity index (χ0v) is 13.0. The summed E-state index contributed by atoms with van der Waals surface area (Å²) in [5, 5.41) is -1.28. The Labute approximate surface area is 122 Å². The van der Waals surface area contributed by atoms with Crippen molar-refractivity contribution in [3.63, 3.8) is 0 Å². The number of hydrogen-bond acceptors (Lipinski definition) is 7. The maximum Gasteiger partial charge on any atom is 0.370 e. The first-order chi connectivity index (χ1) is 9.23. The molecule has 0 N–H and O–H groups in total. The van der Waals surface area contributed by atoms with Crippen molar-refractivity contribution in [2.24, 2.45) is 5.92 Å². The lowest BCUT2D eigenvalue weighted by molar-refractivity contribution is -0.155. The van der Waals surface area contributed by atoms with Crippen molar-refractivity contribution < 1.29 is 28.7 Å². The molecule has 7 heteroatoms. The lowest BCUT2D eigenvalue weighted by Gasteiger charge is -2.10. The number of ketones is 2. The standard InChI is InChI=1S/C13H20O6S/c1-8(2)12(16)18-7-19-13(17)20-10(4)11(15)6-5-9(3)14/h8,10H,5-7H2,1-4H3. The number of thioether (sulfide) groups is 1. The molecule has 1 atom stereocenters. The lowest BCUT2D eigenvalue weighted by atomic mass is 10.1. The smallest absolute Gasteiger partial charge is 0.370 e. The Balaban J connectivity index is 3.93. The Kier molecular flexibility index (Phi) is 8.87. The molecule has 0 saturated carbocycles. The topological polar surface area (TPSA) is 86.7 Å². The van der Waals surface area contributed by atoms with Crippen molar-refractivity contribution in [1.82, 2.24) is 0 Å². The van der Waals surface area contributed by atoms with Gasteiger partial charge in [-0.2, -0.15) is 0 Å². The quantitative estimate of drug-likeness (QED) is 0.502. The first-order valence-electron chi connectivity index (χ1n) is 6.26. The summed E-state index contributed by atoms with van der Waals surface area (Å²) >= 11 is 0.706. The van der Waals surface area contributed by atoms with Crippen LogP contribution < -0.4 is 0 Å². The predicted molar refractivity (Wildman–Crippen MR) is 74.3 cm³/mol.